The van der Waals surface area contributed by atoms with Crippen LogP contribution in [-0.2, 0) is 16.1 Å². The lowest BCUT2D eigenvalue weighted by Crippen LogP contribution is -2.46. The number of aliphatic hydroxyl groups excluding tert-OH is 1. The summed E-state index contributed by atoms with van der Waals surface area (Å²) in [6.45, 7) is 8.68. The van der Waals surface area contributed by atoms with Crippen LogP contribution in [0.5, 0.6) is 0 Å². The van der Waals surface area contributed by atoms with Crippen molar-refractivity contribution in [2.75, 3.05) is 12.4 Å². The number of likely N-dealkylation sites (tertiary alicyclic amines) is 1. The summed E-state index contributed by atoms with van der Waals surface area (Å²) >= 11 is 1.79. The summed E-state index contributed by atoms with van der Waals surface area (Å²) in [7, 11) is 0. The van der Waals surface area contributed by atoms with Crippen molar-refractivity contribution in [1.82, 2.24) is 15.5 Å². The predicted molar refractivity (Wildman–Crippen MR) is 117 cm³/mol. The fourth-order valence-electron chi connectivity index (χ4n) is 3.68. The summed E-state index contributed by atoms with van der Waals surface area (Å²) in [5.41, 5.74) is 3.21. The van der Waals surface area contributed by atoms with Gasteiger partial charge in [0.2, 0.25) is 11.8 Å². The number of allylic oxidation sites excluding steroid dienone is 1. The number of rotatable bonds is 5. The molecule has 2 atom stereocenters. The predicted octanol–water partition coefficient (Wildman–Crippen LogP) is 2.68. The van der Waals surface area contributed by atoms with Crippen molar-refractivity contribution in [2.24, 2.45) is 5.41 Å². The summed E-state index contributed by atoms with van der Waals surface area (Å²) < 4.78 is 0. The van der Waals surface area contributed by atoms with Gasteiger partial charge in [0.15, 0.2) is 0 Å². The van der Waals surface area contributed by atoms with Crippen LogP contribution in [0.4, 0.5) is 0 Å². The van der Waals surface area contributed by atoms with Gasteiger partial charge in [-0.1, -0.05) is 45.0 Å². The molecule has 2 amide bonds. The molecule has 6 nitrogen and oxygen atoms in total. The summed E-state index contributed by atoms with van der Waals surface area (Å²) in [5.74, 6) is 0.614. The molecule has 1 fully saturated rings. The molecule has 2 aliphatic heterocycles. The number of nitrogens with zero attached hydrogens (tertiary/aromatic N) is 1. The maximum atomic E-state index is 12.7. The average molecular weight is 418 g/mol. The molecule has 1 aromatic carbocycles. The summed E-state index contributed by atoms with van der Waals surface area (Å²) in [5, 5.41) is 16.3. The standard InChI is InChI=1S/C22H31N3O3S/c1-14-20(29-13-24-14)16-7-5-15(6-8-16)11-23-21(28)18-9-17(26)12-25(18)19(27)10-22(2,3)4/h5-8,17-18,24,26H,9-13H2,1-4H3,(H,23,28)/t17?,18-/m0/s1. The second-order valence-electron chi connectivity index (χ2n) is 9.02. The van der Waals surface area contributed by atoms with Crippen molar-refractivity contribution in [3.63, 3.8) is 0 Å². The third-order valence-corrected chi connectivity index (χ3v) is 6.28. The number of β-amino-alcohol motifs (C(OH)–C–C–N with tert-alkyl or cyclic N) is 1. The third kappa shape index (κ3) is 5.54. The zero-order valence-electron chi connectivity index (χ0n) is 17.6. The highest BCUT2D eigenvalue weighted by molar-refractivity contribution is 8.08. The molecule has 0 aliphatic carbocycles. The Morgan fingerprint density at radius 2 is 1.97 bits per heavy atom. The van der Waals surface area contributed by atoms with Crippen LogP contribution in [0.2, 0.25) is 0 Å². The van der Waals surface area contributed by atoms with Crippen molar-refractivity contribution in [3.8, 4) is 0 Å². The Morgan fingerprint density at radius 1 is 1.28 bits per heavy atom. The van der Waals surface area contributed by atoms with Crippen LogP contribution in [0.1, 0.15) is 51.7 Å². The maximum absolute atomic E-state index is 12.7. The molecule has 0 saturated carbocycles. The van der Waals surface area contributed by atoms with E-state index in [2.05, 4.69) is 29.7 Å². The van der Waals surface area contributed by atoms with E-state index in [-0.39, 0.29) is 30.2 Å². The molecule has 2 aliphatic rings. The van der Waals surface area contributed by atoms with Crippen LogP contribution in [0.3, 0.4) is 0 Å². The van der Waals surface area contributed by atoms with Gasteiger partial charge >= 0.3 is 0 Å². The van der Waals surface area contributed by atoms with Gasteiger partial charge in [-0.2, -0.15) is 0 Å². The van der Waals surface area contributed by atoms with Gasteiger partial charge in [-0.05, 0) is 23.5 Å². The SMILES string of the molecule is CC1=C(c2ccc(CNC(=O)[C@@H]3CC(O)CN3C(=O)CC(C)(C)C)cc2)SCN1. The Bertz CT molecular complexity index is 799. The first-order valence-corrected chi connectivity index (χ1v) is 11.0. The van der Waals surface area contributed by atoms with Gasteiger partial charge in [-0.3, -0.25) is 9.59 Å². The number of carbonyl (C=O) groups excluding carboxylic acids is 2. The Balaban J connectivity index is 1.59. The molecule has 158 valence electrons. The van der Waals surface area contributed by atoms with E-state index in [9.17, 15) is 14.7 Å². The van der Waals surface area contributed by atoms with Gasteiger partial charge < -0.3 is 20.6 Å². The smallest absolute Gasteiger partial charge is 0.243 e. The van der Waals surface area contributed by atoms with Crippen molar-refractivity contribution in [2.45, 2.75) is 59.2 Å². The van der Waals surface area contributed by atoms with Crippen LogP contribution in [0.25, 0.3) is 4.91 Å². The van der Waals surface area contributed by atoms with Crippen LogP contribution in [0.15, 0.2) is 30.0 Å². The molecular weight excluding hydrogens is 386 g/mol. The Morgan fingerprint density at radius 3 is 2.55 bits per heavy atom. The van der Waals surface area contributed by atoms with Gasteiger partial charge in [-0.25, -0.2) is 0 Å². The van der Waals surface area contributed by atoms with Gasteiger partial charge in [0.1, 0.15) is 6.04 Å². The molecule has 1 saturated heterocycles. The molecule has 0 spiro atoms. The third-order valence-electron chi connectivity index (χ3n) is 5.16. The highest BCUT2D eigenvalue weighted by atomic mass is 32.2. The van der Waals surface area contributed by atoms with E-state index in [1.54, 1.807) is 11.8 Å². The largest absolute Gasteiger partial charge is 0.391 e. The van der Waals surface area contributed by atoms with E-state index in [4.69, 9.17) is 0 Å². The van der Waals surface area contributed by atoms with Crippen LogP contribution < -0.4 is 10.6 Å². The van der Waals surface area contributed by atoms with E-state index in [0.717, 1.165) is 11.4 Å². The molecule has 29 heavy (non-hydrogen) atoms. The number of aliphatic hydroxyl groups is 1. The normalized spacial score (nSPS) is 22.0. The maximum Gasteiger partial charge on any atom is 0.243 e. The molecule has 0 aromatic heterocycles. The van der Waals surface area contributed by atoms with Crippen molar-refractivity contribution in [3.05, 3.63) is 41.1 Å². The van der Waals surface area contributed by atoms with Gasteiger partial charge in [0.25, 0.3) is 0 Å². The molecule has 3 rings (SSSR count). The average Bonchev–Trinajstić information content (AvgIpc) is 3.24. The van der Waals surface area contributed by atoms with E-state index in [1.165, 1.54) is 21.1 Å². The van der Waals surface area contributed by atoms with Crippen LogP contribution in [0, 0.1) is 5.41 Å². The number of carbonyl (C=O) groups is 2. The van der Waals surface area contributed by atoms with E-state index in [0.29, 0.717) is 13.0 Å². The van der Waals surface area contributed by atoms with Crippen LogP contribution in [-0.4, -0.2) is 46.4 Å². The zero-order valence-corrected chi connectivity index (χ0v) is 18.4. The lowest BCUT2D eigenvalue weighted by molar-refractivity contribution is -0.140. The molecule has 7 heteroatoms. The van der Waals surface area contributed by atoms with Crippen molar-refractivity contribution in [1.29, 1.82) is 0 Å². The molecule has 1 aromatic rings. The molecular formula is C22H31N3O3S. The molecule has 3 N–H and O–H groups in total. The van der Waals surface area contributed by atoms with Crippen molar-refractivity contribution >= 4 is 28.5 Å². The zero-order chi connectivity index (χ0) is 21.2. The number of hydrogen-bond acceptors (Lipinski definition) is 5. The van der Waals surface area contributed by atoms with Crippen molar-refractivity contribution < 1.29 is 14.7 Å². The minimum atomic E-state index is -0.650. The second-order valence-corrected chi connectivity index (χ2v) is 10.0. The molecule has 0 bridgehead atoms. The first-order valence-electron chi connectivity index (χ1n) is 10.1. The second kappa shape index (κ2) is 8.79. The fraction of sp³-hybridized carbons (Fsp3) is 0.545. The number of benzene rings is 1. The quantitative estimate of drug-likeness (QED) is 0.686. The van der Waals surface area contributed by atoms with E-state index in [1.807, 2.05) is 32.9 Å². The first kappa shape index (κ1) is 21.7. The highest BCUT2D eigenvalue weighted by Gasteiger charge is 2.39. The van der Waals surface area contributed by atoms with Gasteiger partial charge in [-0.15, -0.1) is 11.8 Å². The molecule has 2 heterocycles. The monoisotopic (exact) mass is 417 g/mol. The minimum Gasteiger partial charge on any atom is -0.391 e. The highest BCUT2D eigenvalue weighted by Crippen LogP contribution is 2.33. The Kier molecular flexibility index (Phi) is 6.58. The van der Waals surface area contributed by atoms with E-state index >= 15 is 0 Å². The molecule has 1 unspecified atom stereocenters. The van der Waals surface area contributed by atoms with Gasteiger partial charge in [0, 0.05) is 36.5 Å². The molecule has 0 radical (unpaired) electrons. The Hall–Kier alpha value is -1.99. The van der Waals surface area contributed by atoms with E-state index < -0.39 is 12.1 Å². The summed E-state index contributed by atoms with van der Waals surface area (Å²) in [4.78, 5) is 28.1. The topological polar surface area (TPSA) is 81.7 Å². The number of hydrogen-bond donors (Lipinski definition) is 3. The van der Waals surface area contributed by atoms with Gasteiger partial charge in [0.05, 0.1) is 12.0 Å². The lowest BCUT2D eigenvalue weighted by atomic mass is 9.91. The van der Waals surface area contributed by atoms with Crippen LogP contribution >= 0.6 is 11.8 Å². The minimum absolute atomic E-state index is 0.0788. The number of nitrogens with one attached hydrogen (secondary N) is 2. The number of amides is 2. The first-order chi connectivity index (χ1) is 13.6. The summed E-state index contributed by atoms with van der Waals surface area (Å²) in [6, 6.07) is 7.56. The fourth-order valence-corrected chi connectivity index (χ4v) is 4.70. The summed E-state index contributed by atoms with van der Waals surface area (Å²) in [6.07, 6.45) is -0.00576. The number of thioether (sulfide) groups is 1. The Labute approximate surface area is 177 Å². The lowest BCUT2D eigenvalue weighted by Gasteiger charge is -2.27.